The number of hydrogen-bond acceptors (Lipinski definition) is 2. The van der Waals surface area contributed by atoms with Gasteiger partial charge in [-0.3, -0.25) is 9.48 Å². The summed E-state index contributed by atoms with van der Waals surface area (Å²) in [5.74, 6) is -4.08. The van der Waals surface area contributed by atoms with E-state index in [-0.39, 0.29) is 11.3 Å². The van der Waals surface area contributed by atoms with Crippen LogP contribution in [0.2, 0.25) is 0 Å². The van der Waals surface area contributed by atoms with Crippen LogP contribution in [0, 0.1) is 24.4 Å². The fourth-order valence-corrected chi connectivity index (χ4v) is 1.86. The summed E-state index contributed by atoms with van der Waals surface area (Å²) in [6.07, 6.45) is 0.551. The Labute approximate surface area is 101 Å². The average molecular weight is 254 g/mol. The Balaban J connectivity index is 2.69. The second-order valence-electron chi connectivity index (χ2n) is 3.85. The van der Waals surface area contributed by atoms with E-state index in [4.69, 9.17) is 0 Å². The van der Waals surface area contributed by atoms with Crippen LogP contribution in [0.5, 0.6) is 0 Å². The van der Waals surface area contributed by atoms with E-state index in [0.717, 1.165) is 12.1 Å². The fourth-order valence-electron chi connectivity index (χ4n) is 1.86. The van der Waals surface area contributed by atoms with Gasteiger partial charge in [0.25, 0.3) is 0 Å². The highest BCUT2D eigenvalue weighted by Crippen LogP contribution is 2.27. The molecule has 0 spiro atoms. The molecule has 2 aromatic rings. The monoisotopic (exact) mass is 254 g/mol. The molecule has 0 fully saturated rings. The highest BCUT2D eigenvalue weighted by molar-refractivity contribution is 5.79. The lowest BCUT2D eigenvalue weighted by Crippen LogP contribution is -1.98. The van der Waals surface area contributed by atoms with E-state index in [9.17, 15) is 18.0 Å². The van der Waals surface area contributed by atoms with Crippen molar-refractivity contribution >= 4 is 6.29 Å². The zero-order valence-corrected chi connectivity index (χ0v) is 9.67. The molecule has 0 aliphatic carbocycles. The van der Waals surface area contributed by atoms with Crippen LogP contribution in [0.1, 0.15) is 16.1 Å². The molecule has 0 aliphatic rings. The van der Waals surface area contributed by atoms with Crippen LogP contribution in [-0.2, 0) is 7.05 Å². The van der Waals surface area contributed by atoms with E-state index in [2.05, 4.69) is 5.10 Å². The van der Waals surface area contributed by atoms with Gasteiger partial charge in [0, 0.05) is 18.2 Å². The van der Waals surface area contributed by atoms with Crippen LogP contribution >= 0.6 is 0 Å². The summed E-state index contributed by atoms with van der Waals surface area (Å²) in [7, 11) is 1.54. The second-order valence-corrected chi connectivity index (χ2v) is 3.85. The Morgan fingerprint density at radius 1 is 1.22 bits per heavy atom. The van der Waals surface area contributed by atoms with E-state index in [1.165, 1.54) is 11.7 Å². The highest BCUT2D eigenvalue weighted by Gasteiger charge is 2.17. The predicted molar refractivity (Wildman–Crippen MR) is 58.6 cm³/mol. The predicted octanol–water partition coefficient (Wildman–Crippen LogP) is 2.63. The molecule has 6 heteroatoms. The van der Waals surface area contributed by atoms with E-state index in [1.807, 2.05) is 0 Å². The standard InChI is InChI=1S/C12H9F3N2O/c1-6-10(5-18)16-17(2)12(6)7-3-8(13)11(15)9(14)4-7/h3-5H,1-2H3. The van der Waals surface area contributed by atoms with Crippen molar-refractivity contribution in [1.29, 1.82) is 0 Å². The molecule has 0 atom stereocenters. The first-order valence-corrected chi connectivity index (χ1v) is 5.09. The largest absolute Gasteiger partial charge is 0.296 e. The highest BCUT2D eigenvalue weighted by atomic mass is 19.2. The van der Waals surface area contributed by atoms with Crippen molar-refractivity contribution in [1.82, 2.24) is 9.78 Å². The molecule has 0 saturated heterocycles. The second kappa shape index (κ2) is 4.29. The van der Waals surface area contributed by atoms with Gasteiger partial charge in [-0.2, -0.15) is 5.10 Å². The maximum atomic E-state index is 13.2. The van der Waals surface area contributed by atoms with Crippen LogP contribution in [0.3, 0.4) is 0 Å². The first kappa shape index (κ1) is 12.3. The molecule has 2 rings (SSSR count). The summed E-state index contributed by atoms with van der Waals surface area (Å²) < 4.78 is 40.5. The fraction of sp³-hybridized carbons (Fsp3) is 0.167. The van der Waals surface area contributed by atoms with Crippen molar-refractivity contribution in [2.45, 2.75) is 6.92 Å². The number of aromatic nitrogens is 2. The third-order valence-electron chi connectivity index (χ3n) is 2.69. The van der Waals surface area contributed by atoms with Crippen molar-refractivity contribution < 1.29 is 18.0 Å². The minimum atomic E-state index is -1.52. The van der Waals surface area contributed by atoms with Crippen LogP contribution in [0.15, 0.2) is 12.1 Å². The topological polar surface area (TPSA) is 34.9 Å². The Bertz CT molecular complexity index is 611. The van der Waals surface area contributed by atoms with Gasteiger partial charge < -0.3 is 0 Å². The van der Waals surface area contributed by atoms with Gasteiger partial charge in [-0.05, 0) is 19.1 Å². The summed E-state index contributed by atoms with van der Waals surface area (Å²) in [5, 5.41) is 3.90. The van der Waals surface area contributed by atoms with Gasteiger partial charge in [0.2, 0.25) is 0 Å². The van der Waals surface area contributed by atoms with Crippen LogP contribution in [-0.4, -0.2) is 16.1 Å². The minimum absolute atomic E-state index is 0.131. The van der Waals surface area contributed by atoms with Crippen molar-refractivity contribution in [2.75, 3.05) is 0 Å². The lowest BCUT2D eigenvalue weighted by atomic mass is 10.1. The smallest absolute Gasteiger partial charge is 0.194 e. The van der Waals surface area contributed by atoms with Crippen molar-refractivity contribution in [2.24, 2.45) is 7.05 Å². The average Bonchev–Trinajstić information content (AvgIpc) is 2.60. The lowest BCUT2D eigenvalue weighted by molar-refractivity contribution is 0.111. The SMILES string of the molecule is Cc1c(C=O)nn(C)c1-c1cc(F)c(F)c(F)c1. The Morgan fingerprint density at radius 3 is 2.22 bits per heavy atom. The summed E-state index contributed by atoms with van der Waals surface area (Å²) in [5.41, 5.74) is 1.16. The maximum absolute atomic E-state index is 13.2. The molecule has 1 aromatic carbocycles. The minimum Gasteiger partial charge on any atom is -0.296 e. The number of hydrogen-bond donors (Lipinski definition) is 0. The van der Waals surface area contributed by atoms with Crippen molar-refractivity contribution in [3.8, 4) is 11.3 Å². The molecule has 0 aliphatic heterocycles. The summed E-state index contributed by atoms with van der Waals surface area (Å²) in [6.45, 7) is 1.60. The molecule has 0 amide bonds. The molecule has 0 N–H and O–H groups in total. The zero-order chi connectivity index (χ0) is 13.4. The summed E-state index contributed by atoms with van der Waals surface area (Å²) >= 11 is 0. The Morgan fingerprint density at radius 2 is 1.78 bits per heavy atom. The van der Waals surface area contributed by atoms with Crippen molar-refractivity contribution in [3.63, 3.8) is 0 Å². The molecule has 18 heavy (non-hydrogen) atoms. The summed E-state index contributed by atoms with van der Waals surface area (Å²) in [6, 6.07) is 1.74. The maximum Gasteiger partial charge on any atom is 0.194 e. The van der Waals surface area contributed by atoms with E-state index in [0.29, 0.717) is 17.5 Å². The molecule has 94 valence electrons. The number of benzene rings is 1. The molecule has 0 radical (unpaired) electrons. The van der Waals surface area contributed by atoms with Gasteiger partial charge in [-0.1, -0.05) is 0 Å². The quantitative estimate of drug-likeness (QED) is 0.610. The molecular weight excluding hydrogens is 245 g/mol. The van der Waals surface area contributed by atoms with Crippen LogP contribution < -0.4 is 0 Å². The third kappa shape index (κ3) is 1.79. The number of nitrogens with zero attached hydrogens (tertiary/aromatic N) is 2. The molecule has 0 saturated carbocycles. The number of halogens is 3. The number of aryl methyl sites for hydroxylation is 1. The number of aldehydes is 1. The lowest BCUT2D eigenvalue weighted by Gasteiger charge is -2.05. The van der Waals surface area contributed by atoms with Gasteiger partial charge >= 0.3 is 0 Å². The first-order chi connectivity index (χ1) is 8.45. The Hall–Kier alpha value is -2.11. The Kier molecular flexibility index (Phi) is 2.94. The van der Waals surface area contributed by atoms with Gasteiger partial charge in [0.05, 0.1) is 5.69 Å². The van der Waals surface area contributed by atoms with E-state index in [1.54, 1.807) is 6.92 Å². The van der Waals surface area contributed by atoms with Crippen LogP contribution in [0.25, 0.3) is 11.3 Å². The van der Waals surface area contributed by atoms with Gasteiger partial charge in [0.15, 0.2) is 23.7 Å². The molecule has 0 bridgehead atoms. The normalized spacial score (nSPS) is 10.7. The van der Waals surface area contributed by atoms with Crippen LogP contribution in [0.4, 0.5) is 13.2 Å². The molecular formula is C12H9F3N2O. The van der Waals surface area contributed by atoms with Gasteiger partial charge in [-0.25, -0.2) is 13.2 Å². The molecule has 1 heterocycles. The zero-order valence-electron chi connectivity index (χ0n) is 9.67. The molecule has 0 unspecified atom stereocenters. The number of carbonyl (C=O) groups excluding carboxylic acids is 1. The van der Waals surface area contributed by atoms with Gasteiger partial charge in [-0.15, -0.1) is 0 Å². The van der Waals surface area contributed by atoms with Crippen molar-refractivity contribution in [3.05, 3.63) is 40.8 Å². The van der Waals surface area contributed by atoms with E-state index < -0.39 is 17.5 Å². The summed E-state index contributed by atoms with van der Waals surface area (Å²) in [4.78, 5) is 10.7. The number of carbonyl (C=O) groups is 1. The molecule has 3 nitrogen and oxygen atoms in total. The van der Waals surface area contributed by atoms with Gasteiger partial charge in [0.1, 0.15) is 5.69 Å². The first-order valence-electron chi connectivity index (χ1n) is 5.09. The number of rotatable bonds is 2. The molecule has 1 aromatic heterocycles. The van der Waals surface area contributed by atoms with E-state index >= 15 is 0 Å². The third-order valence-corrected chi connectivity index (χ3v) is 2.69.